The second-order valence-corrected chi connectivity index (χ2v) is 5.36. The number of hydrogen-bond acceptors (Lipinski definition) is 3. The van der Waals surface area contributed by atoms with Crippen LogP contribution >= 0.6 is 0 Å². The van der Waals surface area contributed by atoms with Gasteiger partial charge >= 0.3 is 5.97 Å². The first-order valence-corrected chi connectivity index (χ1v) is 7.27. The number of nitrogens with one attached hydrogen (secondary N) is 1. The molecule has 0 saturated carbocycles. The lowest BCUT2D eigenvalue weighted by atomic mass is 9.88. The highest BCUT2D eigenvalue weighted by atomic mass is 16.5. The van der Waals surface area contributed by atoms with Gasteiger partial charge < -0.3 is 15.2 Å². The Morgan fingerprint density at radius 1 is 1.29 bits per heavy atom. The number of carboxylic acid groups (broad SMARTS) is 1. The molecule has 5 heteroatoms. The smallest absolute Gasteiger partial charge is 0.329 e. The van der Waals surface area contributed by atoms with Crippen LogP contribution in [-0.4, -0.2) is 35.7 Å². The molecule has 0 aromatic heterocycles. The Morgan fingerprint density at radius 2 is 1.90 bits per heavy atom. The lowest BCUT2D eigenvalue weighted by Crippen LogP contribution is -2.58. The average molecular weight is 291 g/mol. The van der Waals surface area contributed by atoms with E-state index < -0.39 is 11.5 Å². The number of rotatable bonds is 5. The third-order valence-electron chi connectivity index (χ3n) is 4.04. The third kappa shape index (κ3) is 3.42. The van der Waals surface area contributed by atoms with Crippen molar-refractivity contribution in [1.82, 2.24) is 5.32 Å². The van der Waals surface area contributed by atoms with E-state index in [9.17, 15) is 14.7 Å². The maximum Gasteiger partial charge on any atom is 0.329 e. The minimum absolute atomic E-state index is 0.229. The summed E-state index contributed by atoms with van der Waals surface area (Å²) in [5.41, 5.74) is -0.289. The normalized spacial score (nSPS) is 18.7. The van der Waals surface area contributed by atoms with Gasteiger partial charge in [-0.3, -0.25) is 4.79 Å². The zero-order chi connectivity index (χ0) is 15.3. The Labute approximate surface area is 124 Å². The van der Waals surface area contributed by atoms with Crippen LogP contribution in [0.15, 0.2) is 30.3 Å². The van der Waals surface area contributed by atoms with Gasteiger partial charge in [0.1, 0.15) is 5.54 Å². The van der Waals surface area contributed by atoms with Crippen LogP contribution in [0.5, 0.6) is 0 Å². The molecule has 1 atom stereocenters. The fraction of sp³-hybridized carbons (Fsp3) is 0.500. The topological polar surface area (TPSA) is 75.6 Å². The predicted molar refractivity (Wildman–Crippen MR) is 78.0 cm³/mol. The van der Waals surface area contributed by atoms with Crippen molar-refractivity contribution in [3.63, 3.8) is 0 Å². The molecule has 1 fully saturated rings. The van der Waals surface area contributed by atoms with Crippen molar-refractivity contribution in [3.8, 4) is 0 Å². The molecule has 21 heavy (non-hydrogen) atoms. The van der Waals surface area contributed by atoms with Crippen LogP contribution in [0.25, 0.3) is 0 Å². The van der Waals surface area contributed by atoms with Crippen molar-refractivity contribution >= 4 is 11.9 Å². The van der Waals surface area contributed by atoms with Gasteiger partial charge in [-0.05, 0) is 12.0 Å². The van der Waals surface area contributed by atoms with E-state index in [-0.39, 0.29) is 11.8 Å². The summed E-state index contributed by atoms with van der Waals surface area (Å²) >= 11 is 0. The molecule has 2 rings (SSSR count). The molecule has 0 aliphatic carbocycles. The number of ether oxygens (including phenoxy) is 1. The van der Waals surface area contributed by atoms with Crippen molar-refractivity contribution in [2.45, 2.75) is 37.6 Å². The maximum atomic E-state index is 12.5. The molecule has 0 bridgehead atoms. The first kappa shape index (κ1) is 15.5. The molecular formula is C16H21NO4. The fourth-order valence-electron chi connectivity index (χ4n) is 2.69. The van der Waals surface area contributed by atoms with Crippen LogP contribution in [0, 0.1) is 0 Å². The summed E-state index contributed by atoms with van der Waals surface area (Å²) in [6, 6.07) is 9.45. The molecule has 0 spiro atoms. The van der Waals surface area contributed by atoms with Gasteiger partial charge in [-0.2, -0.15) is 0 Å². The predicted octanol–water partition coefficient (Wildman–Crippen LogP) is 1.93. The second-order valence-electron chi connectivity index (χ2n) is 5.36. The standard InChI is InChI=1S/C16H21NO4/c1-2-13(12-6-4-3-5-7-12)14(18)17-16(15(19)20)8-10-21-11-9-16/h3-7,13H,2,8-11H2,1H3,(H,17,18)(H,19,20). The second kappa shape index (κ2) is 6.72. The van der Waals surface area contributed by atoms with E-state index in [4.69, 9.17) is 4.74 Å². The molecule has 1 aromatic carbocycles. The molecule has 1 unspecified atom stereocenters. The van der Waals surface area contributed by atoms with Crippen molar-refractivity contribution in [2.75, 3.05) is 13.2 Å². The summed E-state index contributed by atoms with van der Waals surface area (Å²) in [4.78, 5) is 24.1. The van der Waals surface area contributed by atoms with E-state index >= 15 is 0 Å². The van der Waals surface area contributed by atoms with Gasteiger partial charge in [-0.25, -0.2) is 4.79 Å². The Balaban J connectivity index is 2.16. The van der Waals surface area contributed by atoms with Gasteiger partial charge in [-0.1, -0.05) is 37.3 Å². The van der Waals surface area contributed by atoms with Crippen molar-refractivity contribution < 1.29 is 19.4 Å². The Morgan fingerprint density at radius 3 is 2.43 bits per heavy atom. The van der Waals surface area contributed by atoms with E-state index in [1.54, 1.807) is 0 Å². The largest absolute Gasteiger partial charge is 0.480 e. The van der Waals surface area contributed by atoms with Crippen LogP contribution in [-0.2, 0) is 14.3 Å². The monoisotopic (exact) mass is 291 g/mol. The molecule has 1 aliphatic heterocycles. The van der Waals surface area contributed by atoms with Gasteiger partial charge in [-0.15, -0.1) is 0 Å². The zero-order valence-electron chi connectivity index (χ0n) is 12.2. The Kier molecular flexibility index (Phi) is 4.96. The van der Waals surface area contributed by atoms with Gasteiger partial charge in [0.2, 0.25) is 5.91 Å². The fourth-order valence-corrected chi connectivity index (χ4v) is 2.69. The summed E-state index contributed by atoms with van der Waals surface area (Å²) < 4.78 is 5.21. The Hall–Kier alpha value is -1.88. The molecule has 1 aliphatic rings. The van der Waals surface area contributed by atoms with E-state index in [2.05, 4.69) is 5.32 Å². The summed E-state index contributed by atoms with van der Waals surface area (Å²) in [5, 5.41) is 12.3. The number of aliphatic carboxylic acids is 1. The molecular weight excluding hydrogens is 270 g/mol. The zero-order valence-corrected chi connectivity index (χ0v) is 12.2. The summed E-state index contributed by atoms with van der Waals surface area (Å²) in [6.07, 6.45) is 1.24. The average Bonchev–Trinajstić information content (AvgIpc) is 2.50. The van der Waals surface area contributed by atoms with Gasteiger partial charge in [0, 0.05) is 26.1 Å². The number of hydrogen-bond donors (Lipinski definition) is 2. The summed E-state index contributed by atoms with van der Waals surface area (Å²) in [5.74, 6) is -1.54. The number of amides is 1. The SMILES string of the molecule is CCC(C(=O)NC1(C(=O)O)CCOCC1)c1ccccc1. The van der Waals surface area contributed by atoms with Crippen LogP contribution in [0.3, 0.4) is 0 Å². The van der Waals surface area contributed by atoms with Gasteiger partial charge in [0.15, 0.2) is 0 Å². The third-order valence-corrected chi connectivity index (χ3v) is 4.04. The van der Waals surface area contributed by atoms with E-state index in [1.165, 1.54) is 0 Å². The van der Waals surface area contributed by atoms with E-state index in [0.717, 1.165) is 5.56 Å². The van der Waals surface area contributed by atoms with Crippen molar-refractivity contribution in [2.24, 2.45) is 0 Å². The van der Waals surface area contributed by atoms with Crippen LogP contribution < -0.4 is 5.32 Å². The first-order valence-electron chi connectivity index (χ1n) is 7.27. The molecule has 1 amide bonds. The highest BCUT2D eigenvalue weighted by Gasteiger charge is 2.42. The number of carboxylic acids is 1. The van der Waals surface area contributed by atoms with E-state index in [1.807, 2.05) is 37.3 Å². The number of benzene rings is 1. The summed E-state index contributed by atoms with van der Waals surface area (Å²) in [6.45, 7) is 2.64. The molecule has 2 N–H and O–H groups in total. The lowest BCUT2D eigenvalue weighted by Gasteiger charge is -2.35. The van der Waals surface area contributed by atoms with Crippen molar-refractivity contribution in [1.29, 1.82) is 0 Å². The van der Waals surface area contributed by atoms with Crippen LogP contribution in [0.2, 0.25) is 0 Å². The first-order chi connectivity index (χ1) is 10.1. The maximum absolute atomic E-state index is 12.5. The van der Waals surface area contributed by atoms with Crippen LogP contribution in [0.1, 0.15) is 37.7 Å². The lowest BCUT2D eigenvalue weighted by molar-refractivity contribution is -0.152. The van der Waals surface area contributed by atoms with Gasteiger partial charge in [0.25, 0.3) is 0 Å². The quantitative estimate of drug-likeness (QED) is 0.869. The van der Waals surface area contributed by atoms with E-state index in [0.29, 0.717) is 32.5 Å². The number of carbonyl (C=O) groups excluding carboxylic acids is 1. The highest BCUT2D eigenvalue weighted by molar-refractivity contribution is 5.90. The van der Waals surface area contributed by atoms with Crippen molar-refractivity contribution in [3.05, 3.63) is 35.9 Å². The van der Waals surface area contributed by atoms with Gasteiger partial charge in [0.05, 0.1) is 5.92 Å². The molecule has 0 radical (unpaired) electrons. The molecule has 5 nitrogen and oxygen atoms in total. The Bertz CT molecular complexity index is 494. The van der Waals surface area contributed by atoms with Crippen LogP contribution in [0.4, 0.5) is 0 Å². The summed E-state index contributed by atoms with van der Waals surface area (Å²) in [7, 11) is 0. The highest BCUT2D eigenvalue weighted by Crippen LogP contribution is 2.25. The molecule has 1 saturated heterocycles. The molecule has 1 aromatic rings. The molecule has 1 heterocycles. The number of carbonyl (C=O) groups is 2. The molecule has 114 valence electrons. The minimum atomic E-state index is -1.20. The minimum Gasteiger partial charge on any atom is -0.480 e.